The summed E-state index contributed by atoms with van der Waals surface area (Å²) in [5, 5.41) is 8.89. The quantitative estimate of drug-likeness (QED) is 0.916. The van der Waals surface area contributed by atoms with E-state index in [-0.39, 0.29) is 6.42 Å². The summed E-state index contributed by atoms with van der Waals surface area (Å²) in [7, 11) is 3.67. The molecule has 1 atom stereocenters. The van der Waals surface area contributed by atoms with E-state index in [2.05, 4.69) is 15.9 Å². The van der Waals surface area contributed by atoms with Gasteiger partial charge in [0, 0.05) is 0 Å². The van der Waals surface area contributed by atoms with Crippen LogP contribution in [0.1, 0.15) is 19.1 Å². The minimum absolute atomic E-state index is 0.0000463. The Labute approximate surface area is 97.0 Å². The van der Waals surface area contributed by atoms with Crippen LogP contribution in [0, 0.1) is 0 Å². The molecule has 0 aliphatic carbocycles. The number of carboxylic acids is 1. The molecule has 1 rings (SSSR count). The molecular formula is C10H14BrNO3. The smallest absolute Gasteiger partial charge is 0.305 e. The van der Waals surface area contributed by atoms with Gasteiger partial charge in [-0.05, 0) is 49.1 Å². The van der Waals surface area contributed by atoms with E-state index in [9.17, 15) is 4.79 Å². The van der Waals surface area contributed by atoms with Gasteiger partial charge in [-0.25, -0.2) is 0 Å². The maximum Gasteiger partial charge on any atom is 0.305 e. The lowest BCUT2D eigenvalue weighted by Gasteiger charge is -2.33. The number of carbonyl (C=O) groups is 1. The lowest BCUT2D eigenvalue weighted by Crippen LogP contribution is -2.40. The molecule has 5 heteroatoms. The minimum Gasteiger partial charge on any atom is -0.481 e. The average Bonchev–Trinajstić information content (AvgIpc) is 2.50. The third kappa shape index (κ3) is 2.60. The van der Waals surface area contributed by atoms with Crippen LogP contribution >= 0.6 is 15.9 Å². The number of hydrogen-bond donors (Lipinski definition) is 1. The first kappa shape index (κ1) is 12.3. The molecule has 0 fully saturated rings. The van der Waals surface area contributed by atoms with Crippen LogP contribution < -0.4 is 0 Å². The van der Waals surface area contributed by atoms with Crippen molar-refractivity contribution in [2.75, 3.05) is 14.1 Å². The standard InChI is InChI=1S/C10H14BrNO3/c1-10(12(2)3,6-9(13)14)7-4-5-8(11)15-7/h4-5H,6H2,1-3H3,(H,13,14). The lowest BCUT2D eigenvalue weighted by molar-refractivity contribution is -0.140. The van der Waals surface area contributed by atoms with Crippen molar-refractivity contribution in [3.63, 3.8) is 0 Å². The lowest BCUT2D eigenvalue weighted by atomic mass is 9.93. The Balaban J connectivity index is 3.06. The predicted molar refractivity (Wildman–Crippen MR) is 59.7 cm³/mol. The van der Waals surface area contributed by atoms with Crippen molar-refractivity contribution in [2.24, 2.45) is 0 Å². The molecule has 0 aromatic carbocycles. The van der Waals surface area contributed by atoms with Crippen molar-refractivity contribution in [1.29, 1.82) is 0 Å². The first-order valence-electron chi connectivity index (χ1n) is 4.51. The summed E-state index contributed by atoms with van der Waals surface area (Å²) in [4.78, 5) is 12.7. The largest absolute Gasteiger partial charge is 0.481 e. The van der Waals surface area contributed by atoms with Gasteiger partial charge in [0.25, 0.3) is 0 Å². The van der Waals surface area contributed by atoms with Gasteiger partial charge in [0.05, 0.1) is 12.0 Å². The Morgan fingerprint density at radius 2 is 2.20 bits per heavy atom. The normalized spacial score (nSPS) is 15.3. The molecule has 0 aliphatic heterocycles. The fourth-order valence-corrected chi connectivity index (χ4v) is 1.67. The number of carboxylic acid groups (broad SMARTS) is 1. The van der Waals surface area contributed by atoms with Crippen molar-refractivity contribution in [2.45, 2.75) is 18.9 Å². The first-order valence-corrected chi connectivity index (χ1v) is 5.30. The van der Waals surface area contributed by atoms with Crippen molar-refractivity contribution >= 4 is 21.9 Å². The number of furan rings is 1. The van der Waals surface area contributed by atoms with E-state index < -0.39 is 11.5 Å². The molecule has 1 aromatic rings. The van der Waals surface area contributed by atoms with Gasteiger partial charge < -0.3 is 9.52 Å². The SMILES string of the molecule is CN(C)C(C)(CC(=O)O)c1ccc(Br)o1. The zero-order valence-electron chi connectivity index (χ0n) is 8.95. The second kappa shape index (κ2) is 4.37. The molecule has 15 heavy (non-hydrogen) atoms. The first-order chi connectivity index (χ1) is 6.86. The van der Waals surface area contributed by atoms with E-state index >= 15 is 0 Å². The van der Waals surface area contributed by atoms with Gasteiger partial charge in [-0.1, -0.05) is 0 Å². The molecule has 1 unspecified atom stereocenters. The molecule has 0 bridgehead atoms. The molecule has 0 radical (unpaired) electrons. The van der Waals surface area contributed by atoms with E-state index in [0.717, 1.165) is 0 Å². The molecule has 0 saturated carbocycles. The summed E-state index contributed by atoms with van der Waals surface area (Å²) in [6.45, 7) is 1.84. The highest BCUT2D eigenvalue weighted by atomic mass is 79.9. The molecule has 1 N–H and O–H groups in total. The fraction of sp³-hybridized carbons (Fsp3) is 0.500. The van der Waals surface area contributed by atoms with E-state index in [1.54, 1.807) is 12.1 Å². The Hall–Kier alpha value is -0.810. The predicted octanol–water partition coefficient (Wildman–Crippen LogP) is 2.29. The second-order valence-corrected chi connectivity index (χ2v) is 4.62. The van der Waals surface area contributed by atoms with Crippen LogP contribution in [-0.4, -0.2) is 30.1 Å². The van der Waals surface area contributed by atoms with Crippen LogP contribution in [0.2, 0.25) is 0 Å². The van der Waals surface area contributed by atoms with Crippen LogP contribution in [0.15, 0.2) is 21.2 Å². The fourth-order valence-electron chi connectivity index (χ4n) is 1.36. The third-order valence-corrected chi connectivity index (χ3v) is 3.01. The summed E-state index contributed by atoms with van der Waals surface area (Å²) in [5.74, 6) is -0.208. The van der Waals surface area contributed by atoms with Crippen molar-refractivity contribution in [1.82, 2.24) is 4.90 Å². The molecule has 0 aliphatic rings. The summed E-state index contributed by atoms with van der Waals surface area (Å²) < 4.78 is 6.03. The minimum atomic E-state index is -0.848. The molecule has 0 saturated heterocycles. The highest BCUT2D eigenvalue weighted by Gasteiger charge is 2.35. The Kier molecular flexibility index (Phi) is 3.57. The zero-order chi connectivity index (χ0) is 11.6. The maximum absolute atomic E-state index is 10.8. The van der Waals surface area contributed by atoms with Gasteiger partial charge in [0.15, 0.2) is 4.67 Å². The monoisotopic (exact) mass is 275 g/mol. The highest BCUT2D eigenvalue weighted by molar-refractivity contribution is 9.10. The van der Waals surface area contributed by atoms with Crippen LogP contribution in [0.25, 0.3) is 0 Å². The van der Waals surface area contributed by atoms with Crippen molar-refractivity contribution < 1.29 is 14.3 Å². The molecule has 84 valence electrons. The molecule has 0 spiro atoms. The number of aliphatic carboxylic acids is 1. The Bertz CT molecular complexity index is 361. The second-order valence-electron chi connectivity index (χ2n) is 3.84. The van der Waals surface area contributed by atoms with Crippen LogP contribution in [0.5, 0.6) is 0 Å². The van der Waals surface area contributed by atoms with Gasteiger partial charge in [-0.2, -0.15) is 0 Å². The molecular weight excluding hydrogens is 262 g/mol. The summed E-state index contributed by atoms with van der Waals surface area (Å²) in [5.41, 5.74) is -0.627. The molecule has 1 aromatic heterocycles. The summed E-state index contributed by atoms with van der Waals surface area (Å²) in [6, 6.07) is 3.55. The van der Waals surface area contributed by atoms with Gasteiger partial charge in [0.1, 0.15) is 5.76 Å². The van der Waals surface area contributed by atoms with E-state index in [0.29, 0.717) is 10.4 Å². The number of hydrogen-bond acceptors (Lipinski definition) is 3. The summed E-state index contributed by atoms with van der Waals surface area (Å²) >= 11 is 3.21. The van der Waals surface area contributed by atoms with E-state index in [1.807, 2.05) is 25.9 Å². The number of rotatable bonds is 4. The molecule has 0 amide bonds. The molecule has 4 nitrogen and oxygen atoms in total. The number of halogens is 1. The van der Waals surface area contributed by atoms with E-state index in [1.165, 1.54) is 0 Å². The van der Waals surface area contributed by atoms with Crippen molar-refractivity contribution in [3.05, 3.63) is 22.6 Å². The summed E-state index contributed by atoms with van der Waals surface area (Å²) in [6.07, 6.45) is -0.0000463. The van der Waals surface area contributed by atoms with Gasteiger partial charge in [0.2, 0.25) is 0 Å². The molecule has 1 heterocycles. The Morgan fingerprint density at radius 1 is 1.60 bits per heavy atom. The topological polar surface area (TPSA) is 53.7 Å². The van der Waals surface area contributed by atoms with Gasteiger partial charge in [-0.15, -0.1) is 0 Å². The maximum atomic E-state index is 10.8. The number of nitrogens with zero attached hydrogens (tertiary/aromatic N) is 1. The van der Waals surface area contributed by atoms with Gasteiger partial charge >= 0.3 is 5.97 Å². The van der Waals surface area contributed by atoms with Crippen molar-refractivity contribution in [3.8, 4) is 0 Å². The van der Waals surface area contributed by atoms with Crippen LogP contribution in [0.4, 0.5) is 0 Å². The highest BCUT2D eigenvalue weighted by Crippen LogP contribution is 2.32. The third-order valence-electron chi connectivity index (χ3n) is 2.59. The Morgan fingerprint density at radius 3 is 2.53 bits per heavy atom. The van der Waals surface area contributed by atoms with E-state index in [4.69, 9.17) is 9.52 Å². The van der Waals surface area contributed by atoms with Crippen LogP contribution in [-0.2, 0) is 10.3 Å². The average molecular weight is 276 g/mol. The zero-order valence-corrected chi connectivity index (χ0v) is 10.5. The van der Waals surface area contributed by atoms with Gasteiger partial charge in [-0.3, -0.25) is 9.69 Å². The van der Waals surface area contributed by atoms with Crippen LogP contribution in [0.3, 0.4) is 0 Å².